The molecule has 2 N–H and O–H groups in total. The van der Waals surface area contributed by atoms with Crippen molar-refractivity contribution in [1.82, 2.24) is 14.7 Å². The summed E-state index contributed by atoms with van der Waals surface area (Å²) in [7, 11) is 1.84. The molecule has 6 nitrogen and oxygen atoms in total. The van der Waals surface area contributed by atoms with Gasteiger partial charge in [-0.1, -0.05) is 48.5 Å². The van der Waals surface area contributed by atoms with Crippen LogP contribution in [0.4, 0.5) is 5.69 Å². The van der Waals surface area contributed by atoms with Crippen LogP contribution in [0.15, 0.2) is 65.5 Å². The number of hydrogen-bond donors (Lipinski definition) is 2. The monoisotopic (exact) mass is 376 g/mol. The van der Waals surface area contributed by atoms with Gasteiger partial charge in [-0.2, -0.15) is 0 Å². The van der Waals surface area contributed by atoms with Crippen molar-refractivity contribution in [2.45, 2.75) is 31.8 Å². The minimum Gasteiger partial charge on any atom is -0.364 e. The first-order chi connectivity index (χ1) is 13.6. The predicted octanol–water partition coefficient (Wildman–Crippen LogP) is 2.92. The van der Waals surface area contributed by atoms with Crippen LogP contribution in [0.3, 0.4) is 0 Å². The molecule has 2 aromatic carbocycles. The zero-order chi connectivity index (χ0) is 19.7. The number of aromatic nitrogens is 2. The maximum atomic E-state index is 13.2. The molecule has 0 radical (unpaired) electrons. The summed E-state index contributed by atoms with van der Waals surface area (Å²) in [6.45, 7) is 1.88. The minimum atomic E-state index is -0.625. The highest BCUT2D eigenvalue weighted by Gasteiger charge is 2.30. The highest BCUT2D eigenvalue weighted by molar-refractivity contribution is 5.86. The average molecular weight is 376 g/mol. The summed E-state index contributed by atoms with van der Waals surface area (Å²) in [5.74, 6) is -0.109. The molecule has 0 aliphatic heterocycles. The molecule has 1 saturated carbocycles. The van der Waals surface area contributed by atoms with Crippen LogP contribution in [0.5, 0.6) is 0 Å². The summed E-state index contributed by atoms with van der Waals surface area (Å²) < 4.78 is 3.42. The van der Waals surface area contributed by atoms with Crippen LogP contribution in [0.2, 0.25) is 0 Å². The van der Waals surface area contributed by atoms with Crippen molar-refractivity contribution in [3.63, 3.8) is 0 Å². The van der Waals surface area contributed by atoms with Gasteiger partial charge in [0.25, 0.3) is 5.56 Å². The Labute approximate surface area is 163 Å². The van der Waals surface area contributed by atoms with Gasteiger partial charge in [-0.05, 0) is 37.5 Å². The summed E-state index contributed by atoms with van der Waals surface area (Å²) in [5, 5.41) is 6.28. The average Bonchev–Trinajstić information content (AvgIpc) is 3.50. The SMILES string of the molecule is Cc1c(NC(C(=O)NC2CC2)c2ccccc2)c(=O)n(-c2ccccc2)n1C. The molecule has 1 aromatic heterocycles. The summed E-state index contributed by atoms with van der Waals surface area (Å²) in [4.78, 5) is 26.1. The second-order valence-electron chi connectivity index (χ2n) is 7.21. The number of amides is 1. The lowest BCUT2D eigenvalue weighted by molar-refractivity contribution is -0.122. The van der Waals surface area contributed by atoms with Crippen LogP contribution < -0.4 is 16.2 Å². The molecular weight excluding hydrogens is 352 g/mol. The Morgan fingerprint density at radius 1 is 1.04 bits per heavy atom. The molecule has 0 bridgehead atoms. The lowest BCUT2D eigenvalue weighted by Gasteiger charge is -2.19. The Bertz CT molecular complexity index is 1030. The fourth-order valence-electron chi connectivity index (χ4n) is 3.34. The zero-order valence-electron chi connectivity index (χ0n) is 16.1. The molecule has 1 fully saturated rings. The normalized spacial score (nSPS) is 14.5. The quantitative estimate of drug-likeness (QED) is 0.695. The molecule has 6 heteroatoms. The van der Waals surface area contributed by atoms with Crippen LogP contribution in [0.25, 0.3) is 5.69 Å². The third-order valence-electron chi connectivity index (χ3n) is 5.16. The predicted molar refractivity (Wildman–Crippen MR) is 110 cm³/mol. The molecule has 1 heterocycles. The van der Waals surface area contributed by atoms with Gasteiger partial charge in [0.15, 0.2) is 0 Å². The second kappa shape index (κ2) is 7.38. The maximum absolute atomic E-state index is 13.2. The van der Waals surface area contributed by atoms with Gasteiger partial charge in [0, 0.05) is 13.1 Å². The van der Waals surface area contributed by atoms with E-state index in [1.807, 2.05) is 74.6 Å². The highest BCUT2D eigenvalue weighted by Crippen LogP contribution is 2.24. The first-order valence-electron chi connectivity index (χ1n) is 9.52. The summed E-state index contributed by atoms with van der Waals surface area (Å²) in [6, 6.07) is 18.6. The molecule has 1 unspecified atom stereocenters. The molecule has 3 aromatic rings. The van der Waals surface area contributed by atoms with E-state index in [2.05, 4.69) is 10.6 Å². The van der Waals surface area contributed by atoms with Crippen molar-refractivity contribution >= 4 is 11.6 Å². The van der Waals surface area contributed by atoms with Gasteiger partial charge in [-0.15, -0.1) is 0 Å². The van der Waals surface area contributed by atoms with Crippen molar-refractivity contribution in [1.29, 1.82) is 0 Å². The molecule has 1 aliphatic carbocycles. The van der Waals surface area contributed by atoms with Gasteiger partial charge in [0.05, 0.1) is 11.4 Å². The van der Waals surface area contributed by atoms with Crippen LogP contribution in [0, 0.1) is 6.92 Å². The first kappa shape index (κ1) is 18.1. The zero-order valence-corrected chi connectivity index (χ0v) is 16.1. The number of anilines is 1. The number of nitrogens with zero attached hydrogens (tertiary/aromatic N) is 2. The van der Waals surface area contributed by atoms with E-state index in [1.165, 1.54) is 0 Å². The van der Waals surface area contributed by atoms with Crippen molar-refractivity contribution in [3.05, 3.63) is 82.3 Å². The first-order valence-corrected chi connectivity index (χ1v) is 9.52. The Kier molecular flexibility index (Phi) is 4.77. The third-order valence-corrected chi connectivity index (χ3v) is 5.16. The highest BCUT2D eigenvalue weighted by atomic mass is 16.2. The Hall–Kier alpha value is -3.28. The fourth-order valence-corrected chi connectivity index (χ4v) is 3.34. The number of rotatable bonds is 6. The van der Waals surface area contributed by atoms with Crippen molar-refractivity contribution in [3.8, 4) is 5.69 Å². The van der Waals surface area contributed by atoms with Crippen molar-refractivity contribution < 1.29 is 4.79 Å². The van der Waals surface area contributed by atoms with Crippen LogP contribution in [0.1, 0.15) is 30.1 Å². The molecular formula is C22H24N4O2. The Morgan fingerprint density at radius 2 is 1.64 bits per heavy atom. The van der Waals surface area contributed by atoms with E-state index in [0.717, 1.165) is 29.8 Å². The van der Waals surface area contributed by atoms with E-state index in [0.29, 0.717) is 5.69 Å². The smallest absolute Gasteiger partial charge is 0.295 e. The Balaban J connectivity index is 1.73. The molecule has 0 spiro atoms. The van der Waals surface area contributed by atoms with Gasteiger partial charge in [0.2, 0.25) is 5.91 Å². The molecule has 1 atom stereocenters. The molecule has 0 saturated heterocycles. The van der Waals surface area contributed by atoms with E-state index < -0.39 is 6.04 Å². The maximum Gasteiger partial charge on any atom is 0.295 e. The van der Waals surface area contributed by atoms with Gasteiger partial charge in [-0.25, -0.2) is 4.68 Å². The van der Waals surface area contributed by atoms with Crippen molar-refractivity contribution in [2.24, 2.45) is 7.05 Å². The van der Waals surface area contributed by atoms with Gasteiger partial charge in [-0.3, -0.25) is 14.3 Å². The van der Waals surface area contributed by atoms with Gasteiger partial charge in [0.1, 0.15) is 11.7 Å². The summed E-state index contributed by atoms with van der Waals surface area (Å²) >= 11 is 0. The van der Waals surface area contributed by atoms with E-state index in [-0.39, 0.29) is 17.5 Å². The summed E-state index contributed by atoms with van der Waals surface area (Å²) in [5.41, 5.74) is 2.64. The molecule has 144 valence electrons. The van der Waals surface area contributed by atoms with E-state index in [1.54, 1.807) is 9.36 Å². The van der Waals surface area contributed by atoms with Gasteiger partial charge >= 0.3 is 0 Å². The number of benzene rings is 2. The van der Waals surface area contributed by atoms with Gasteiger partial charge < -0.3 is 10.6 Å². The molecule has 1 aliphatic rings. The van der Waals surface area contributed by atoms with E-state index in [9.17, 15) is 9.59 Å². The minimum absolute atomic E-state index is 0.109. The molecule has 1 amide bonds. The third kappa shape index (κ3) is 3.45. The van der Waals surface area contributed by atoms with Crippen LogP contribution in [-0.4, -0.2) is 21.3 Å². The number of carbonyl (C=O) groups is 1. The Morgan fingerprint density at radius 3 is 2.25 bits per heavy atom. The van der Waals surface area contributed by atoms with Crippen LogP contribution >= 0.6 is 0 Å². The summed E-state index contributed by atoms with van der Waals surface area (Å²) in [6.07, 6.45) is 2.02. The number of para-hydroxylation sites is 1. The lowest BCUT2D eigenvalue weighted by Crippen LogP contribution is -2.36. The number of carbonyl (C=O) groups excluding carboxylic acids is 1. The van der Waals surface area contributed by atoms with E-state index >= 15 is 0 Å². The second-order valence-corrected chi connectivity index (χ2v) is 7.21. The fraction of sp³-hybridized carbons (Fsp3) is 0.273. The number of hydrogen-bond acceptors (Lipinski definition) is 3. The standard InChI is InChI=1S/C22H24N4O2/c1-15-19(22(28)26(25(15)2)18-11-7-4-8-12-18)24-20(16-9-5-3-6-10-16)21(27)23-17-13-14-17/h3-12,17,20,24H,13-14H2,1-2H3,(H,23,27). The van der Waals surface area contributed by atoms with E-state index in [4.69, 9.17) is 0 Å². The number of nitrogens with one attached hydrogen (secondary N) is 2. The van der Waals surface area contributed by atoms with Crippen LogP contribution in [-0.2, 0) is 11.8 Å². The molecule has 28 heavy (non-hydrogen) atoms. The lowest BCUT2D eigenvalue weighted by atomic mass is 10.1. The largest absolute Gasteiger partial charge is 0.364 e. The van der Waals surface area contributed by atoms with Crippen molar-refractivity contribution in [2.75, 3.05) is 5.32 Å². The topological polar surface area (TPSA) is 68.1 Å². The molecule has 4 rings (SSSR count).